The molecule has 1 aliphatic carbocycles. The molecular formula is C13H16BrNO. The number of Topliss-reactive ketones (excluding diaryl/α,β-unsaturated/α-hetero) is 1. The van der Waals surface area contributed by atoms with Gasteiger partial charge >= 0.3 is 0 Å². The first-order chi connectivity index (χ1) is 7.68. The maximum atomic E-state index is 12.1. The number of hydrogen-bond donors (Lipinski definition) is 1. The lowest BCUT2D eigenvalue weighted by Gasteiger charge is -2.14. The van der Waals surface area contributed by atoms with Crippen LogP contribution < -0.4 is 5.73 Å². The van der Waals surface area contributed by atoms with Gasteiger partial charge in [0.1, 0.15) is 5.78 Å². The van der Waals surface area contributed by atoms with E-state index in [4.69, 9.17) is 5.73 Å². The van der Waals surface area contributed by atoms with Gasteiger partial charge in [0.2, 0.25) is 0 Å². The van der Waals surface area contributed by atoms with Crippen molar-refractivity contribution in [2.45, 2.75) is 31.7 Å². The smallest absolute Gasteiger partial charge is 0.141 e. The number of nitrogens with two attached hydrogens (primary N) is 1. The molecule has 86 valence electrons. The van der Waals surface area contributed by atoms with Crippen LogP contribution in [-0.2, 0) is 11.2 Å². The van der Waals surface area contributed by atoms with Gasteiger partial charge in [-0.1, -0.05) is 40.5 Å². The van der Waals surface area contributed by atoms with Gasteiger partial charge in [0.15, 0.2) is 0 Å². The van der Waals surface area contributed by atoms with Gasteiger partial charge in [-0.2, -0.15) is 0 Å². The SMILES string of the molecule is NC1CCCC1C(=O)Cc1ccccc1Br. The Labute approximate surface area is 104 Å². The van der Waals surface area contributed by atoms with Crippen LogP contribution in [0.2, 0.25) is 0 Å². The Balaban J connectivity index is 2.05. The predicted molar refractivity (Wildman–Crippen MR) is 68.2 cm³/mol. The molecule has 2 unspecified atom stereocenters. The second kappa shape index (κ2) is 5.11. The second-order valence-corrected chi connectivity index (χ2v) is 5.29. The molecule has 0 aromatic heterocycles. The molecule has 1 fully saturated rings. The molecule has 1 aromatic rings. The van der Waals surface area contributed by atoms with Crippen molar-refractivity contribution >= 4 is 21.7 Å². The van der Waals surface area contributed by atoms with Crippen molar-refractivity contribution in [3.63, 3.8) is 0 Å². The molecule has 0 radical (unpaired) electrons. The summed E-state index contributed by atoms with van der Waals surface area (Å²) in [6.45, 7) is 0. The number of halogens is 1. The van der Waals surface area contributed by atoms with Crippen molar-refractivity contribution in [1.82, 2.24) is 0 Å². The van der Waals surface area contributed by atoms with Crippen LogP contribution in [0, 0.1) is 5.92 Å². The Bertz CT molecular complexity index is 391. The summed E-state index contributed by atoms with van der Waals surface area (Å²) >= 11 is 3.46. The zero-order valence-electron chi connectivity index (χ0n) is 9.16. The molecule has 0 saturated heterocycles. The zero-order chi connectivity index (χ0) is 11.5. The highest BCUT2D eigenvalue weighted by atomic mass is 79.9. The number of ketones is 1. The average Bonchev–Trinajstić information content (AvgIpc) is 2.68. The Morgan fingerprint density at radius 1 is 1.38 bits per heavy atom. The molecule has 2 N–H and O–H groups in total. The van der Waals surface area contributed by atoms with Crippen LogP contribution in [0.3, 0.4) is 0 Å². The Kier molecular flexibility index (Phi) is 3.77. The van der Waals surface area contributed by atoms with Crippen molar-refractivity contribution in [1.29, 1.82) is 0 Å². The van der Waals surface area contributed by atoms with Crippen LogP contribution in [0.4, 0.5) is 0 Å². The molecule has 2 atom stereocenters. The van der Waals surface area contributed by atoms with Crippen molar-refractivity contribution in [3.05, 3.63) is 34.3 Å². The minimum Gasteiger partial charge on any atom is -0.327 e. The summed E-state index contributed by atoms with van der Waals surface area (Å²) in [6, 6.07) is 7.95. The van der Waals surface area contributed by atoms with E-state index >= 15 is 0 Å². The summed E-state index contributed by atoms with van der Waals surface area (Å²) in [7, 11) is 0. The molecule has 16 heavy (non-hydrogen) atoms. The maximum Gasteiger partial charge on any atom is 0.141 e. The van der Waals surface area contributed by atoms with E-state index in [0.717, 1.165) is 29.3 Å². The van der Waals surface area contributed by atoms with Crippen molar-refractivity contribution in [3.8, 4) is 0 Å². The molecule has 1 saturated carbocycles. The van der Waals surface area contributed by atoms with Gasteiger partial charge in [-0.05, 0) is 24.5 Å². The molecule has 0 aliphatic heterocycles. The third-order valence-electron chi connectivity index (χ3n) is 3.31. The van der Waals surface area contributed by atoms with E-state index in [9.17, 15) is 4.79 Å². The van der Waals surface area contributed by atoms with E-state index in [2.05, 4.69) is 15.9 Å². The molecule has 0 amide bonds. The van der Waals surface area contributed by atoms with Gasteiger partial charge in [-0.3, -0.25) is 4.79 Å². The van der Waals surface area contributed by atoms with Gasteiger partial charge in [0, 0.05) is 22.9 Å². The quantitative estimate of drug-likeness (QED) is 0.926. The van der Waals surface area contributed by atoms with Crippen LogP contribution in [0.5, 0.6) is 0 Å². The van der Waals surface area contributed by atoms with Crippen LogP contribution in [0.25, 0.3) is 0 Å². The molecular weight excluding hydrogens is 266 g/mol. The van der Waals surface area contributed by atoms with E-state index in [1.165, 1.54) is 0 Å². The van der Waals surface area contributed by atoms with Crippen molar-refractivity contribution in [2.75, 3.05) is 0 Å². The monoisotopic (exact) mass is 281 g/mol. The largest absolute Gasteiger partial charge is 0.327 e. The topological polar surface area (TPSA) is 43.1 Å². The lowest BCUT2D eigenvalue weighted by atomic mass is 9.94. The molecule has 1 aromatic carbocycles. The third-order valence-corrected chi connectivity index (χ3v) is 4.08. The first-order valence-corrected chi connectivity index (χ1v) is 6.49. The minimum absolute atomic E-state index is 0.0760. The average molecular weight is 282 g/mol. The summed E-state index contributed by atoms with van der Waals surface area (Å²) in [5.41, 5.74) is 7.00. The molecule has 1 aliphatic rings. The standard InChI is InChI=1S/C13H16BrNO/c14-11-6-2-1-4-9(11)8-13(16)10-5-3-7-12(10)15/h1-2,4,6,10,12H,3,5,7-8,15H2. The fourth-order valence-corrected chi connectivity index (χ4v) is 2.77. The summed E-state index contributed by atoms with van der Waals surface area (Å²) in [5, 5.41) is 0. The summed E-state index contributed by atoms with van der Waals surface area (Å²) < 4.78 is 1.01. The van der Waals surface area contributed by atoms with Gasteiger partial charge in [0.05, 0.1) is 0 Å². The van der Waals surface area contributed by atoms with Gasteiger partial charge in [0.25, 0.3) is 0 Å². The van der Waals surface area contributed by atoms with Gasteiger partial charge in [-0.15, -0.1) is 0 Å². The molecule has 3 heteroatoms. The van der Waals surface area contributed by atoms with Crippen LogP contribution >= 0.6 is 15.9 Å². The summed E-state index contributed by atoms with van der Waals surface area (Å²) in [6.07, 6.45) is 3.55. The normalized spacial score (nSPS) is 24.6. The van der Waals surface area contributed by atoms with Crippen molar-refractivity contribution in [2.24, 2.45) is 11.7 Å². The van der Waals surface area contributed by atoms with E-state index in [1.54, 1.807) is 0 Å². The van der Waals surface area contributed by atoms with E-state index in [-0.39, 0.29) is 17.7 Å². The fourth-order valence-electron chi connectivity index (χ4n) is 2.35. The predicted octanol–water partition coefficient (Wildman–Crippen LogP) is 2.69. The fraction of sp³-hybridized carbons (Fsp3) is 0.462. The van der Waals surface area contributed by atoms with E-state index in [1.807, 2.05) is 24.3 Å². The van der Waals surface area contributed by atoms with Crippen LogP contribution in [0.15, 0.2) is 28.7 Å². The first-order valence-electron chi connectivity index (χ1n) is 5.70. The molecule has 0 heterocycles. The minimum atomic E-state index is 0.0760. The highest BCUT2D eigenvalue weighted by Crippen LogP contribution is 2.27. The lowest BCUT2D eigenvalue weighted by Crippen LogP contribution is -2.31. The Morgan fingerprint density at radius 2 is 2.12 bits per heavy atom. The van der Waals surface area contributed by atoms with Crippen LogP contribution in [-0.4, -0.2) is 11.8 Å². The number of hydrogen-bond acceptors (Lipinski definition) is 2. The van der Waals surface area contributed by atoms with Gasteiger partial charge < -0.3 is 5.73 Å². The zero-order valence-corrected chi connectivity index (χ0v) is 10.7. The highest BCUT2D eigenvalue weighted by molar-refractivity contribution is 9.10. The van der Waals surface area contributed by atoms with E-state index < -0.39 is 0 Å². The number of carbonyl (C=O) groups is 1. The molecule has 0 spiro atoms. The molecule has 2 rings (SSSR count). The van der Waals surface area contributed by atoms with Crippen LogP contribution in [0.1, 0.15) is 24.8 Å². The Morgan fingerprint density at radius 3 is 2.75 bits per heavy atom. The first kappa shape index (κ1) is 11.8. The summed E-state index contributed by atoms with van der Waals surface area (Å²) in [4.78, 5) is 12.1. The van der Waals surface area contributed by atoms with Crippen molar-refractivity contribution < 1.29 is 4.79 Å². The summed E-state index contributed by atoms with van der Waals surface area (Å²) in [5.74, 6) is 0.365. The number of benzene rings is 1. The highest BCUT2D eigenvalue weighted by Gasteiger charge is 2.29. The number of rotatable bonds is 3. The Hall–Kier alpha value is -0.670. The second-order valence-electron chi connectivity index (χ2n) is 4.44. The van der Waals surface area contributed by atoms with Gasteiger partial charge in [-0.25, -0.2) is 0 Å². The lowest BCUT2D eigenvalue weighted by molar-refractivity contribution is -0.122. The third kappa shape index (κ3) is 2.53. The van der Waals surface area contributed by atoms with E-state index in [0.29, 0.717) is 6.42 Å². The molecule has 0 bridgehead atoms. The molecule has 2 nitrogen and oxygen atoms in total. The number of carbonyl (C=O) groups excluding carboxylic acids is 1. The maximum absolute atomic E-state index is 12.1.